The van der Waals surface area contributed by atoms with Crippen LogP contribution < -0.4 is 0 Å². The van der Waals surface area contributed by atoms with Gasteiger partial charge in [0.05, 0.1) is 15.5 Å². The van der Waals surface area contributed by atoms with Gasteiger partial charge in [0.1, 0.15) is 0 Å². The number of fused-ring (bicyclic) bond motifs is 1. The smallest absolute Gasteiger partial charge is 0.179 e. The largest absolute Gasteiger partial charge is 0.224 e. The molecular formula is C18H15BrO2S. The van der Waals surface area contributed by atoms with Gasteiger partial charge in [-0.05, 0) is 34.5 Å². The predicted octanol–water partition coefficient (Wildman–Crippen LogP) is 4.75. The molecule has 112 valence electrons. The van der Waals surface area contributed by atoms with Crippen LogP contribution in [0.4, 0.5) is 0 Å². The molecule has 0 aliphatic heterocycles. The summed E-state index contributed by atoms with van der Waals surface area (Å²) >= 11 is 3.53. The zero-order chi connectivity index (χ0) is 15.6. The SMILES string of the molecule is O=S(=O)(CC(Br)c1ccc2ccccc2c1)c1ccccc1. The molecule has 22 heavy (non-hydrogen) atoms. The second kappa shape index (κ2) is 6.23. The number of halogens is 1. The fourth-order valence-electron chi connectivity index (χ4n) is 2.42. The molecule has 0 aliphatic rings. The Morgan fingerprint density at radius 2 is 1.45 bits per heavy atom. The molecule has 3 aromatic carbocycles. The van der Waals surface area contributed by atoms with E-state index in [1.165, 1.54) is 0 Å². The molecule has 4 heteroatoms. The predicted molar refractivity (Wildman–Crippen MR) is 94.1 cm³/mol. The number of hydrogen-bond donors (Lipinski definition) is 0. The van der Waals surface area contributed by atoms with Crippen molar-refractivity contribution in [1.82, 2.24) is 0 Å². The molecule has 0 bridgehead atoms. The van der Waals surface area contributed by atoms with Crippen LogP contribution in [0.3, 0.4) is 0 Å². The number of alkyl halides is 1. The van der Waals surface area contributed by atoms with Crippen molar-refractivity contribution in [3.05, 3.63) is 78.4 Å². The van der Waals surface area contributed by atoms with E-state index in [0.29, 0.717) is 4.90 Å². The van der Waals surface area contributed by atoms with Gasteiger partial charge in [0.2, 0.25) is 0 Å². The third-order valence-corrected chi connectivity index (χ3v) is 6.65. The summed E-state index contributed by atoms with van der Waals surface area (Å²) in [5.41, 5.74) is 0.971. The summed E-state index contributed by atoms with van der Waals surface area (Å²) in [6.07, 6.45) is 0. The minimum atomic E-state index is -3.31. The van der Waals surface area contributed by atoms with Crippen molar-refractivity contribution in [2.75, 3.05) is 5.75 Å². The van der Waals surface area contributed by atoms with Gasteiger partial charge in [-0.3, -0.25) is 0 Å². The first kappa shape index (κ1) is 15.3. The van der Waals surface area contributed by atoms with Crippen LogP contribution in [0.1, 0.15) is 10.4 Å². The summed E-state index contributed by atoms with van der Waals surface area (Å²) in [5.74, 6) is 0.0371. The third kappa shape index (κ3) is 3.23. The quantitative estimate of drug-likeness (QED) is 0.617. The Kier molecular flexibility index (Phi) is 4.32. The van der Waals surface area contributed by atoms with Gasteiger partial charge in [0.25, 0.3) is 0 Å². The zero-order valence-electron chi connectivity index (χ0n) is 11.8. The lowest BCUT2D eigenvalue weighted by Crippen LogP contribution is -2.11. The first-order chi connectivity index (χ1) is 10.6. The maximum absolute atomic E-state index is 12.4. The maximum atomic E-state index is 12.4. The molecule has 2 nitrogen and oxygen atoms in total. The fourth-order valence-corrected chi connectivity index (χ4v) is 5.09. The normalized spacial score (nSPS) is 13.1. The van der Waals surface area contributed by atoms with Gasteiger partial charge < -0.3 is 0 Å². The van der Waals surface area contributed by atoms with E-state index in [2.05, 4.69) is 15.9 Å². The molecular weight excluding hydrogens is 360 g/mol. The van der Waals surface area contributed by atoms with Gasteiger partial charge in [0, 0.05) is 0 Å². The molecule has 3 rings (SSSR count). The molecule has 0 saturated carbocycles. The highest BCUT2D eigenvalue weighted by molar-refractivity contribution is 9.09. The van der Waals surface area contributed by atoms with Crippen LogP contribution in [-0.2, 0) is 9.84 Å². The minimum Gasteiger partial charge on any atom is -0.224 e. The van der Waals surface area contributed by atoms with Gasteiger partial charge in [-0.2, -0.15) is 0 Å². The Morgan fingerprint density at radius 3 is 2.18 bits per heavy atom. The Hall–Kier alpha value is -1.65. The standard InChI is InChI=1S/C18H15BrO2S/c19-18(13-22(20,21)17-8-2-1-3-9-17)16-11-10-14-6-4-5-7-15(14)12-16/h1-12,18H,13H2. The number of hydrogen-bond acceptors (Lipinski definition) is 2. The van der Waals surface area contributed by atoms with Crippen LogP contribution >= 0.6 is 15.9 Å². The Morgan fingerprint density at radius 1 is 0.818 bits per heavy atom. The van der Waals surface area contributed by atoms with E-state index in [4.69, 9.17) is 0 Å². The molecule has 0 aromatic heterocycles. The Balaban J connectivity index is 1.88. The highest BCUT2D eigenvalue weighted by atomic mass is 79.9. The van der Waals surface area contributed by atoms with Crippen molar-refractivity contribution >= 4 is 36.5 Å². The molecule has 0 N–H and O–H groups in total. The van der Waals surface area contributed by atoms with E-state index in [1.807, 2.05) is 48.5 Å². The van der Waals surface area contributed by atoms with Gasteiger partial charge in [-0.15, -0.1) is 0 Å². The molecule has 1 unspecified atom stereocenters. The number of sulfone groups is 1. The van der Waals surface area contributed by atoms with E-state index in [1.54, 1.807) is 24.3 Å². The van der Waals surface area contributed by atoms with Gasteiger partial charge in [0.15, 0.2) is 9.84 Å². The van der Waals surface area contributed by atoms with Crippen LogP contribution in [0.5, 0.6) is 0 Å². The summed E-state index contributed by atoms with van der Waals surface area (Å²) in [4.78, 5) is 0.127. The van der Waals surface area contributed by atoms with E-state index < -0.39 is 9.84 Å². The summed E-state index contributed by atoms with van der Waals surface area (Å²) in [6, 6.07) is 22.7. The van der Waals surface area contributed by atoms with Crippen LogP contribution in [0.25, 0.3) is 10.8 Å². The summed E-state index contributed by atoms with van der Waals surface area (Å²) in [7, 11) is -3.31. The first-order valence-electron chi connectivity index (χ1n) is 6.97. The average molecular weight is 375 g/mol. The highest BCUT2D eigenvalue weighted by Gasteiger charge is 2.20. The van der Waals surface area contributed by atoms with Crippen molar-refractivity contribution < 1.29 is 8.42 Å². The van der Waals surface area contributed by atoms with Crippen molar-refractivity contribution in [3.8, 4) is 0 Å². The van der Waals surface area contributed by atoms with Gasteiger partial charge >= 0.3 is 0 Å². The lowest BCUT2D eigenvalue weighted by atomic mass is 10.1. The molecule has 1 atom stereocenters. The molecule has 0 fully saturated rings. The van der Waals surface area contributed by atoms with Crippen molar-refractivity contribution in [3.63, 3.8) is 0 Å². The molecule has 0 aliphatic carbocycles. The van der Waals surface area contributed by atoms with Crippen LogP contribution in [0.15, 0.2) is 77.7 Å². The van der Waals surface area contributed by atoms with Crippen LogP contribution in [0, 0.1) is 0 Å². The summed E-state index contributed by atoms with van der Waals surface area (Å²) in [5, 5.41) is 2.26. The maximum Gasteiger partial charge on any atom is 0.179 e. The number of rotatable bonds is 4. The Bertz CT molecular complexity index is 889. The van der Waals surface area contributed by atoms with Gasteiger partial charge in [-0.25, -0.2) is 8.42 Å². The lowest BCUT2D eigenvalue weighted by molar-refractivity contribution is 0.595. The van der Waals surface area contributed by atoms with Crippen molar-refractivity contribution in [1.29, 1.82) is 0 Å². The minimum absolute atomic E-state index is 0.0371. The fraction of sp³-hybridized carbons (Fsp3) is 0.111. The highest BCUT2D eigenvalue weighted by Crippen LogP contribution is 2.29. The topological polar surface area (TPSA) is 34.1 Å². The lowest BCUT2D eigenvalue weighted by Gasteiger charge is -2.12. The number of benzene rings is 3. The van der Waals surface area contributed by atoms with Crippen molar-refractivity contribution in [2.45, 2.75) is 9.72 Å². The molecule has 3 aromatic rings. The van der Waals surface area contributed by atoms with Crippen LogP contribution in [-0.4, -0.2) is 14.2 Å². The van der Waals surface area contributed by atoms with E-state index in [9.17, 15) is 8.42 Å². The third-order valence-electron chi connectivity index (χ3n) is 3.60. The van der Waals surface area contributed by atoms with Gasteiger partial charge in [-0.1, -0.05) is 70.5 Å². The van der Waals surface area contributed by atoms with Crippen molar-refractivity contribution in [2.24, 2.45) is 0 Å². The summed E-state index contributed by atoms with van der Waals surface area (Å²) in [6.45, 7) is 0. The van der Waals surface area contributed by atoms with Crippen LogP contribution in [0.2, 0.25) is 0 Å². The average Bonchev–Trinajstić information content (AvgIpc) is 2.55. The molecule has 0 amide bonds. The molecule has 0 spiro atoms. The molecule has 0 radical (unpaired) electrons. The molecule has 0 heterocycles. The first-order valence-corrected chi connectivity index (χ1v) is 9.54. The monoisotopic (exact) mass is 374 g/mol. The van der Waals surface area contributed by atoms with E-state index in [-0.39, 0.29) is 10.6 Å². The second-order valence-corrected chi connectivity index (χ2v) is 8.31. The van der Waals surface area contributed by atoms with E-state index in [0.717, 1.165) is 16.3 Å². The van der Waals surface area contributed by atoms with E-state index >= 15 is 0 Å². The summed E-state index contributed by atoms with van der Waals surface area (Å²) < 4.78 is 24.9. The zero-order valence-corrected chi connectivity index (χ0v) is 14.2. The second-order valence-electron chi connectivity index (χ2n) is 5.17. The molecule has 0 saturated heterocycles. The Labute approximate surface area is 138 Å².